The van der Waals surface area contributed by atoms with Gasteiger partial charge < -0.3 is 9.47 Å². The third-order valence-electron chi connectivity index (χ3n) is 7.05. The molecule has 0 N–H and O–H groups in total. The van der Waals surface area contributed by atoms with E-state index in [4.69, 9.17) is 14.5 Å². The van der Waals surface area contributed by atoms with Crippen LogP contribution >= 0.6 is 0 Å². The molecular formula is C28H29FN2O2. The molecule has 0 saturated heterocycles. The minimum Gasteiger partial charge on any atom is -0.481 e. The van der Waals surface area contributed by atoms with Crippen molar-refractivity contribution in [2.45, 2.75) is 43.7 Å². The van der Waals surface area contributed by atoms with Crippen molar-refractivity contribution in [1.29, 1.82) is 0 Å². The summed E-state index contributed by atoms with van der Waals surface area (Å²) in [6, 6.07) is 20.4. The molecular weight excluding hydrogens is 415 g/mol. The van der Waals surface area contributed by atoms with Crippen LogP contribution in [-0.4, -0.2) is 30.4 Å². The molecule has 5 rings (SSSR count). The molecule has 0 amide bonds. The fourth-order valence-corrected chi connectivity index (χ4v) is 5.29. The molecule has 2 atom stereocenters. The maximum atomic E-state index is 15.9. The van der Waals surface area contributed by atoms with Crippen molar-refractivity contribution in [1.82, 2.24) is 9.97 Å². The second-order valence-corrected chi connectivity index (χ2v) is 9.04. The van der Waals surface area contributed by atoms with E-state index in [1.54, 1.807) is 14.2 Å². The Hall–Kier alpha value is -3.21. The Morgan fingerprint density at radius 3 is 2.24 bits per heavy atom. The average molecular weight is 445 g/mol. The van der Waals surface area contributed by atoms with Gasteiger partial charge in [-0.3, -0.25) is 0 Å². The number of rotatable bonds is 7. The largest absolute Gasteiger partial charge is 0.481 e. The zero-order valence-corrected chi connectivity index (χ0v) is 19.1. The summed E-state index contributed by atoms with van der Waals surface area (Å²) in [5.41, 5.74) is 4.29. The smallest absolute Gasteiger partial charge is 0.319 e. The third-order valence-corrected chi connectivity index (χ3v) is 7.05. The van der Waals surface area contributed by atoms with Crippen LogP contribution in [0.25, 0.3) is 5.57 Å². The number of hydrogen-bond acceptors (Lipinski definition) is 4. The molecule has 2 unspecified atom stereocenters. The van der Waals surface area contributed by atoms with E-state index in [0.29, 0.717) is 24.6 Å². The van der Waals surface area contributed by atoms with Crippen LogP contribution in [0.1, 0.15) is 48.1 Å². The van der Waals surface area contributed by atoms with Gasteiger partial charge >= 0.3 is 6.01 Å². The van der Waals surface area contributed by atoms with Gasteiger partial charge in [-0.15, -0.1) is 0 Å². The van der Waals surface area contributed by atoms with Crippen molar-refractivity contribution in [2.24, 2.45) is 5.92 Å². The van der Waals surface area contributed by atoms with Gasteiger partial charge in [0.25, 0.3) is 0 Å². The first kappa shape index (κ1) is 21.6. The lowest BCUT2D eigenvalue weighted by atomic mass is 9.66. The van der Waals surface area contributed by atoms with Crippen LogP contribution in [0.5, 0.6) is 11.9 Å². The molecule has 0 bridgehead atoms. The minimum atomic E-state index is -1.06. The van der Waals surface area contributed by atoms with Gasteiger partial charge in [0.15, 0.2) is 0 Å². The lowest BCUT2D eigenvalue weighted by Crippen LogP contribution is -2.37. The van der Waals surface area contributed by atoms with E-state index in [1.165, 1.54) is 0 Å². The normalized spacial score (nSPS) is 22.5. The maximum absolute atomic E-state index is 15.9. The Morgan fingerprint density at radius 2 is 1.64 bits per heavy atom. The van der Waals surface area contributed by atoms with E-state index in [1.807, 2.05) is 48.5 Å². The lowest BCUT2D eigenvalue weighted by molar-refractivity contribution is 0.236. The second kappa shape index (κ2) is 8.97. The molecule has 2 aromatic carbocycles. The van der Waals surface area contributed by atoms with E-state index >= 15 is 4.39 Å². The van der Waals surface area contributed by atoms with Crippen LogP contribution < -0.4 is 9.47 Å². The number of ether oxygens (including phenoxy) is 2. The number of allylic oxidation sites excluding steroid dienone is 2. The highest BCUT2D eigenvalue weighted by atomic mass is 19.1. The minimum absolute atomic E-state index is 0.270. The predicted octanol–water partition coefficient (Wildman–Crippen LogP) is 5.95. The first-order chi connectivity index (χ1) is 16.1. The van der Waals surface area contributed by atoms with Gasteiger partial charge in [0.2, 0.25) is 5.88 Å². The van der Waals surface area contributed by atoms with Crippen LogP contribution in [0, 0.1) is 5.92 Å². The summed E-state index contributed by atoms with van der Waals surface area (Å²) in [4.78, 5) is 9.37. The van der Waals surface area contributed by atoms with Crippen molar-refractivity contribution in [2.75, 3.05) is 14.2 Å². The van der Waals surface area contributed by atoms with Crippen molar-refractivity contribution in [3.8, 4) is 11.9 Å². The van der Waals surface area contributed by atoms with E-state index in [9.17, 15) is 0 Å². The van der Waals surface area contributed by atoms with Gasteiger partial charge in [-0.25, -0.2) is 4.39 Å². The van der Waals surface area contributed by atoms with E-state index in [-0.39, 0.29) is 6.01 Å². The van der Waals surface area contributed by atoms with Gasteiger partial charge in [-0.1, -0.05) is 66.7 Å². The summed E-state index contributed by atoms with van der Waals surface area (Å²) in [5, 5.41) is 0. The standard InChI is InChI=1S/C28H29FN2O2/c1-32-26-23(17-19-9-5-3-6-10-19)25(30-27(31-26)33-2)28(21-13-14-21)16-15-22(24(29)18-28)20-11-7-4-8-12-20/h3-12,15,21,24H,13-14,16-18H2,1-2H3. The van der Waals surface area contributed by atoms with Gasteiger partial charge in [0, 0.05) is 17.4 Å². The van der Waals surface area contributed by atoms with Gasteiger partial charge in [0.05, 0.1) is 19.9 Å². The van der Waals surface area contributed by atoms with Crippen LogP contribution in [-0.2, 0) is 11.8 Å². The van der Waals surface area contributed by atoms with Crippen LogP contribution in [0.3, 0.4) is 0 Å². The Balaban J connectivity index is 1.63. The summed E-state index contributed by atoms with van der Waals surface area (Å²) < 4.78 is 27.0. The van der Waals surface area contributed by atoms with E-state index in [2.05, 4.69) is 23.2 Å². The van der Waals surface area contributed by atoms with E-state index < -0.39 is 11.6 Å². The SMILES string of the molecule is COc1nc(OC)c(Cc2ccccc2)c(C2(C3CC3)CC=C(c3ccccc3)C(F)C2)n1. The first-order valence-corrected chi connectivity index (χ1v) is 11.6. The first-order valence-electron chi connectivity index (χ1n) is 11.6. The fraction of sp³-hybridized carbons (Fsp3) is 0.357. The van der Waals surface area contributed by atoms with Crippen LogP contribution in [0.15, 0.2) is 66.7 Å². The molecule has 4 nitrogen and oxygen atoms in total. The molecule has 2 aliphatic rings. The summed E-state index contributed by atoms with van der Waals surface area (Å²) in [6.45, 7) is 0. The number of halogens is 1. The van der Waals surface area contributed by atoms with Crippen molar-refractivity contribution < 1.29 is 13.9 Å². The van der Waals surface area contributed by atoms with E-state index in [0.717, 1.165) is 47.2 Å². The zero-order valence-electron chi connectivity index (χ0n) is 19.1. The van der Waals surface area contributed by atoms with Crippen molar-refractivity contribution in [3.05, 3.63) is 89.1 Å². The Labute approximate surface area is 194 Å². The molecule has 0 spiro atoms. The Kier molecular flexibility index (Phi) is 5.88. The second-order valence-electron chi connectivity index (χ2n) is 9.04. The van der Waals surface area contributed by atoms with Gasteiger partial charge in [0.1, 0.15) is 6.17 Å². The quantitative estimate of drug-likeness (QED) is 0.452. The highest BCUT2D eigenvalue weighted by molar-refractivity contribution is 5.70. The fourth-order valence-electron chi connectivity index (χ4n) is 5.29. The number of hydrogen-bond donors (Lipinski definition) is 0. The van der Waals surface area contributed by atoms with Gasteiger partial charge in [-0.2, -0.15) is 9.97 Å². The van der Waals surface area contributed by atoms with Crippen LogP contribution in [0.4, 0.5) is 4.39 Å². The number of nitrogens with zero attached hydrogens (tertiary/aromatic N) is 2. The molecule has 1 fully saturated rings. The summed E-state index contributed by atoms with van der Waals surface area (Å²) >= 11 is 0. The molecule has 1 heterocycles. The predicted molar refractivity (Wildman–Crippen MR) is 127 cm³/mol. The number of alkyl halides is 1. The highest BCUT2D eigenvalue weighted by Gasteiger charge is 2.52. The molecule has 3 aromatic rings. The summed E-state index contributed by atoms with van der Waals surface area (Å²) in [7, 11) is 3.18. The van der Waals surface area contributed by atoms with Crippen LogP contribution in [0.2, 0.25) is 0 Å². The van der Waals surface area contributed by atoms with Gasteiger partial charge in [-0.05, 0) is 48.3 Å². The molecule has 2 aliphatic carbocycles. The van der Waals surface area contributed by atoms with Crippen molar-refractivity contribution in [3.63, 3.8) is 0 Å². The number of benzene rings is 2. The Bertz CT molecular complexity index is 1150. The number of aromatic nitrogens is 2. The molecule has 5 heteroatoms. The highest BCUT2D eigenvalue weighted by Crippen LogP contribution is 2.57. The topological polar surface area (TPSA) is 44.2 Å². The molecule has 33 heavy (non-hydrogen) atoms. The molecule has 1 saturated carbocycles. The maximum Gasteiger partial charge on any atom is 0.319 e. The molecule has 1 aromatic heterocycles. The number of methoxy groups -OCH3 is 2. The molecule has 0 aliphatic heterocycles. The lowest BCUT2D eigenvalue weighted by Gasteiger charge is -2.39. The average Bonchev–Trinajstić information content (AvgIpc) is 3.71. The summed E-state index contributed by atoms with van der Waals surface area (Å²) in [5.74, 6) is 0.900. The molecule has 0 radical (unpaired) electrons. The summed E-state index contributed by atoms with van der Waals surface area (Å²) in [6.07, 6.45) is 4.98. The monoisotopic (exact) mass is 444 g/mol. The zero-order chi connectivity index (χ0) is 22.8. The third kappa shape index (κ3) is 4.12. The molecule has 170 valence electrons. The Morgan fingerprint density at radius 1 is 0.939 bits per heavy atom. The van der Waals surface area contributed by atoms with Crippen molar-refractivity contribution >= 4 is 5.57 Å².